The van der Waals surface area contributed by atoms with Gasteiger partial charge in [0.25, 0.3) is 11.5 Å². The van der Waals surface area contributed by atoms with E-state index in [1.54, 1.807) is 36.4 Å². The second-order valence-electron chi connectivity index (χ2n) is 8.76. The summed E-state index contributed by atoms with van der Waals surface area (Å²) in [5, 5.41) is 6.84. The van der Waals surface area contributed by atoms with Crippen molar-refractivity contribution in [1.29, 1.82) is 0 Å². The number of aromatic amines is 1. The molecule has 9 nitrogen and oxygen atoms in total. The van der Waals surface area contributed by atoms with Gasteiger partial charge in [0.05, 0.1) is 22.9 Å². The number of carbonyl (C=O) groups excluding carboxylic acids is 1. The highest BCUT2D eigenvalue weighted by Crippen LogP contribution is 2.23. The van der Waals surface area contributed by atoms with Gasteiger partial charge in [-0.2, -0.15) is 5.10 Å². The highest BCUT2D eigenvalue weighted by Gasteiger charge is 2.15. The molecule has 9 heteroatoms. The van der Waals surface area contributed by atoms with Crippen LogP contribution in [0, 0.1) is 0 Å². The van der Waals surface area contributed by atoms with Crippen molar-refractivity contribution in [3.63, 3.8) is 0 Å². The number of hydrogen-bond donors (Lipinski definition) is 2. The van der Waals surface area contributed by atoms with E-state index in [0.717, 1.165) is 53.8 Å². The van der Waals surface area contributed by atoms with Gasteiger partial charge in [0.1, 0.15) is 5.69 Å². The predicted molar refractivity (Wildman–Crippen MR) is 135 cm³/mol. The van der Waals surface area contributed by atoms with Crippen molar-refractivity contribution in [3.05, 3.63) is 87.9 Å². The number of nitrogens with zero attached hydrogens (tertiary/aromatic N) is 5. The number of fused-ring (bicyclic) bond motifs is 1. The number of H-pyrrole nitrogens is 1. The van der Waals surface area contributed by atoms with Gasteiger partial charge in [0, 0.05) is 50.8 Å². The second kappa shape index (κ2) is 9.63. The van der Waals surface area contributed by atoms with Crippen LogP contribution in [0.3, 0.4) is 0 Å². The summed E-state index contributed by atoms with van der Waals surface area (Å²) in [6.45, 7) is 4.43. The molecule has 0 saturated heterocycles. The highest BCUT2D eigenvalue weighted by atomic mass is 16.2. The molecule has 1 aliphatic heterocycles. The van der Waals surface area contributed by atoms with Gasteiger partial charge in [-0.3, -0.25) is 29.1 Å². The number of hydrogen-bond acceptors (Lipinski definition) is 6. The van der Waals surface area contributed by atoms with Crippen LogP contribution in [0.15, 0.2) is 59.9 Å². The summed E-state index contributed by atoms with van der Waals surface area (Å²) >= 11 is 0. The van der Waals surface area contributed by atoms with Crippen molar-refractivity contribution in [1.82, 2.24) is 29.6 Å². The molecule has 4 aromatic rings. The van der Waals surface area contributed by atoms with Gasteiger partial charge < -0.3 is 10.3 Å². The van der Waals surface area contributed by atoms with Crippen molar-refractivity contribution in [2.45, 2.75) is 26.3 Å². The molecule has 4 aromatic heterocycles. The van der Waals surface area contributed by atoms with E-state index in [1.165, 1.54) is 5.57 Å². The van der Waals surface area contributed by atoms with Crippen molar-refractivity contribution >= 4 is 28.2 Å². The van der Waals surface area contributed by atoms with E-state index < -0.39 is 0 Å². The fourth-order valence-electron chi connectivity index (χ4n) is 4.29. The van der Waals surface area contributed by atoms with Crippen molar-refractivity contribution in [2.75, 3.05) is 18.4 Å². The molecule has 1 amide bonds. The Hall–Kier alpha value is -4.11. The van der Waals surface area contributed by atoms with E-state index in [9.17, 15) is 9.59 Å². The van der Waals surface area contributed by atoms with Crippen LogP contribution in [-0.2, 0) is 20.0 Å². The molecule has 0 spiro atoms. The molecule has 5 heterocycles. The van der Waals surface area contributed by atoms with Crippen LogP contribution in [0.2, 0.25) is 0 Å². The molecule has 1 aliphatic rings. The maximum absolute atomic E-state index is 12.4. The molecule has 35 heavy (non-hydrogen) atoms. The quantitative estimate of drug-likeness (QED) is 0.449. The molecule has 5 rings (SSSR count). The fourth-order valence-corrected chi connectivity index (χ4v) is 4.29. The number of rotatable bonds is 6. The standard InChI is InChI=1S/C26H27N7O2/c1-3-18-11-23-24(31-25(18)34)10-17(12-27-23)15-33-8-6-19(7-9-33)20-4-5-22(28-13-20)26(35)30-21-14-29-32(2)16-21/h4-6,10-14,16H,3,7-9,15H2,1-2H3,(H,30,35)(H,31,34). The largest absolute Gasteiger partial charge is 0.320 e. The topological polar surface area (TPSA) is 109 Å². The Balaban J connectivity index is 1.22. The Morgan fingerprint density at radius 3 is 2.74 bits per heavy atom. The van der Waals surface area contributed by atoms with Crippen LogP contribution in [0.5, 0.6) is 0 Å². The number of pyridine rings is 3. The van der Waals surface area contributed by atoms with Crippen LogP contribution in [0.1, 0.15) is 40.5 Å². The molecular weight excluding hydrogens is 442 g/mol. The summed E-state index contributed by atoms with van der Waals surface area (Å²) in [4.78, 5) is 38.8. The van der Waals surface area contributed by atoms with Crippen molar-refractivity contribution < 1.29 is 4.79 Å². The minimum Gasteiger partial charge on any atom is -0.320 e. The van der Waals surface area contributed by atoms with Gasteiger partial charge >= 0.3 is 0 Å². The average Bonchev–Trinajstić information content (AvgIpc) is 3.28. The van der Waals surface area contributed by atoms with Crippen molar-refractivity contribution in [3.8, 4) is 0 Å². The van der Waals surface area contributed by atoms with Crippen LogP contribution in [-0.4, -0.2) is 48.6 Å². The third kappa shape index (κ3) is 5.04. The molecule has 0 fully saturated rings. The molecule has 0 aromatic carbocycles. The lowest BCUT2D eigenvalue weighted by Crippen LogP contribution is -2.28. The third-order valence-electron chi connectivity index (χ3n) is 6.24. The number of carbonyl (C=O) groups is 1. The van der Waals surface area contributed by atoms with Crippen molar-refractivity contribution in [2.24, 2.45) is 7.05 Å². The van der Waals surface area contributed by atoms with E-state index in [2.05, 4.69) is 36.3 Å². The summed E-state index contributed by atoms with van der Waals surface area (Å²) in [5.74, 6) is -0.260. The zero-order chi connectivity index (χ0) is 24.4. The molecule has 0 aliphatic carbocycles. The summed E-state index contributed by atoms with van der Waals surface area (Å²) in [6, 6.07) is 7.58. The van der Waals surface area contributed by atoms with Gasteiger partial charge in [-0.25, -0.2) is 0 Å². The van der Waals surface area contributed by atoms with E-state index in [0.29, 0.717) is 17.8 Å². The zero-order valence-electron chi connectivity index (χ0n) is 19.8. The van der Waals surface area contributed by atoms with E-state index in [-0.39, 0.29) is 11.5 Å². The number of aryl methyl sites for hydroxylation is 2. The van der Waals surface area contributed by atoms with E-state index in [1.807, 2.05) is 31.3 Å². The molecule has 0 bridgehead atoms. The first kappa shape index (κ1) is 22.7. The Bertz CT molecular complexity index is 1470. The molecule has 178 valence electrons. The minimum absolute atomic E-state index is 0.0429. The molecule has 0 atom stereocenters. The summed E-state index contributed by atoms with van der Waals surface area (Å²) in [6.07, 6.45) is 10.8. The van der Waals surface area contributed by atoms with Gasteiger partial charge in [-0.1, -0.05) is 19.1 Å². The number of aromatic nitrogens is 5. The van der Waals surface area contributed by atoms with Gasteiger partial charge in [0.2, 0.25) is 0 Å². The van der Waals surface area contributed by atoms with E-state index >= 15 is 0 Å². The Kier molecular flexibility index (Phi) is 6.24. The van der Waals surface area contributed by atoms with Crippen LogP contribution >= 0.6 is 0 Å². The predicted octanol–water partition coefficient (Wildman–Crippen LogP) is 3.16. The molecule has 0 unspecified atom stereocenters. The summed E-state index contributed by atoms with van der Waals surface area (Å²) < 4.78 is 1.63. The number of amides is 1. The van der Waals surface area contributed by atoms with Gasteiger partial charge in [0.15, 0.2) is 0 Å². The van der Waals surface area contributed by atoms with Gasteiger partial charge in [-0.15, -0.1) is 0 Å². The fraction of sp³-hybridized carbons (Fsp3) is 0.269. The van der Waals surface area contributed by atoms with Crippen LogP contribution in [0.4, 0.5) is 5.69 Å². The lowest BCUT2D eigenvalue weighted by atomic mass is 10.0. The van der Waals surface area contributed by atoms with E-state index in [4.69, 9.17) is 0 Å². The first-order valence-electron chi connectivity index (χ1n) is 11.7. The second-order valence-corrected chi connectivity index (χ2v) is 8.76. The van der Waals surface area contributed by atoms with Gasteiger partial charge in [-0.05, 0) is 47.7 Å². The number of anilines is 1. The maximum atomic E-state index is 12.4. The molecule has 0 saturated carbocycles. The Labute approximate surface area is 202 Å². The zero-order valence-corrected chi connectivity index (χ0v) is 19.8. The summed E-state index contributed by atoms with van der Waals surface area (Å²) in [7, 11) is 1.80. The summed E-state index contributed by atoms with van der Waals surface area (Å²) in [5.41, 5.74) is 6.62. The average molecular weight is 470 g/mol. The lowest BCUT2D eigenvalue weighted by Gasteiger charge is -2.26. The molecular formula is C26H27N7O2. The normalized spacial score (nSPS) is 14.2. The SMILES string of the molecule is CCc1cc2ncc(CN3CC=C(c4ccc(C(=O)Nc5cnn(C)c5)nc4)CC3)cc2[nH]c1=O. The third-order valence-corrected chi connectivity index (χ3v) is 6.24. The van der Waals surface area contributed by atoms with Crippen LogP contribution in [0.25, 0.3) is 16.6 Å². The number of nitrogens with one attached hydrogen (secondary N) is 2. The first-order valence-corrected chi connectivity index (χ1v) is 11.7. The Morgan fingerprint density at radius 2 is 2.06 bits per heavy atom. The smallest absolute Gasteiger partial charge is 0.274 e. The lowest BCUT2D eigenvalue weighted by molar-refractivity contribution is 0.102. The monoisotopic (exact) mass is 469 g/mol. The first-order chi connectivity index (χ1) is 17.0. The Morgan fingerprint density at radius 1 is 1.17 bits per heavy atom. The van der Waals surface area contributed by atoms with Crippen LogP contribution < -0.4 is 10.9 Å². The molecule has 2 N–H and O–H groups in total. The minimum atomic E-state index is -0.260. The maximum Gasteiger partial charge on any atom is 0.274 e. The highest BCUT2D eigenvalue weighted by molar-refractivity contribution is 6.02. The molecule has 0 radical (unpaired) electrons.